The second-order valence-corrected chi connectivity index (χ2v) is 5.20. The van der Waals surface area contributed by atoms with Crippen molar-refractivity contribution in [2.45, 2.75) is 13.3 Å². The molecule has 2 aliphatic rings. The van der Waals surface area contributed by atoms with E-state index < -0.39 is 0 Å². The molecule has 2 fully saturated rings. The molecule has 0 bridgehead atoms. The molecule has 2 heterocycles. The maximum absolute atomic E-state index is 12.0. The Balaban J connectivity index is 1.63. The Morgan fingerprint density at radius 3 is 2.63 bits per heavy atom. The summed E-state index contributed by atoms with van der Waals surface area (Å²) in [6, 6.07) is 0. The lowest BCUT2D eigenvalue weighted by atomic mass is 10.1. The summed E-state index contributed by atoms with van der Waals surface area (Å²) in [7, 11) is 0. The SMILES string of the molecule is CC(=O)N1CCC(C(=O)NCCN2CCOCC2)C1. The first kappa shape index (κ1) is 14.3. The van der Waals surface area contributed by atoms with Crippen molar-refractivity contribution in [3.8, 4) is 0 Å². The third-order valence-corrected chi connectivity index (χ3v) is 3.84. The lowest BCUT2D eigenvalue weighted by Gasteiger charge is -2.26. The summed E-state index contributed by atoms with van der Waals surface area (Å²) in [5.41, 5.74) is 0. The van der Waals surface area contributed by atoms with Crippen molar-refractivity contribution in [3.63, 3.8) is 0 Å². The van der Waals surface area contributed by atoms with Gasteiger partial charge in [-0.25, -0.2) is 0 Å². The van der Waals surface area contributed by atoms with E-state index >= 15 is 0 Å². The van der Waals surface area contributed by atoms with Crippen LogP contribution in [0.4, 0.5) is 0 Å². The van der Waals surface area contributed by atoms with Crippen LogP contribution in [0.2, 0.25) is 0 Å². The Kier molecular flexibility index (Phi) is 5.15. The molecule has 108 valence electrons. The molecule has 0 aromatic rings. The van der Waals surface area contributed by atoms with Gasteiger partial charge in [-0.1, -0.05) is 0 Å². The van der Waals surface area contributed by atoms with Crippen molar-refractivity contribution in [2.24, 2.45) is 5.92 Å². The van der Waals surface area contributed by atoms with Gasteiger partial charge in [-0.15, -0.1) is 0 Å². The fraction of sp³-hybridized carbons (Fsp3) is 0.846. The number of carbonyl (C=O) groups is 2. The summed E-state index contributed by atoms with van der Waals surface area (Å²) < 4.78 is 5.28. The third kappa shape index (κ3) is 4.18. The van der Waals surface area contributed by atoms with E-state index in [9.17, 15) is 9.59 Å². The molecule has 0 aromatic carbocycles. The Morgan fingerprint density at radius 2 is 2.00 bits per heavy atom. The van der Waals surface area contributed by atoms with Crippen LogP contribution in [0, 0.1) is 5.92 Å². The first-order chi connectivity index (χ1) is 9.16. The molecule has 2 amide bonds. The van der Waals surface area contributed by atoms with Gasteiger partial charge in [0.1, 0.15) is 0 Å². The van der Waals surface area contributed by atoms with E-state index in [-0.39, 0.29) is 17.7 Å². The van der Waals surface area contributed by atoms with Crippen molar-refractivity contribution in [1.82, 2.24) is 15.1 Å². The molecule has 0 saturated carbocycles. The summed E-state index contributed by atoms with van der Waals surface area (Å²) in [5, 5.41) is 2.97. The average Bonchev–Trinajstić information content (AvgIpc) is 2.89. The van der Waals surface area contributed by atoms with Gasteiger partial charge in [0.25, 0.3) is 0 Å². The Labute approximate surface area is 114 Å². The number of morpholine rings is 1. The van der Waals surface area contributed by atoms with E-state index in [1.54, 1.807) is 11.8 Å². The van der Waals surface area contributed by atoms with Gasteiger partial charge in [-0.05, 0) is 6.42 Å². The predicted octanol–water partition coefficient (Wildman–Crippen LogP) is -0.697. The first-order valence-electron chi connectivity index (χ1n) is 7.00. The number of hydrogen-bond acceptors (Lipinski definition) is 4. The number of carbonyl (C=O) groups excluding carboxylic acids is 2. The molecule has 2 saturated heterocycles. The number of ether oxygens (including phenoxy) is 1. The van der Waals surface area contributed by atoms with Crippen LogP contribution in [0.25, 0.3) is 0 Å². The molecular weight excluding hydrogens is 246 g/mol. The van der Waals surface area contributed by atoms with Gasteiger partial charge in [0, 0.05) is 46.2 Å². The maximum atomic E-state index is 12.0. The summed E-state index contributed by atoms with van der Waals surface area (Å²) in [5.74, 6) is 0.106. The quantitative estimate of drug-likeness (QED) is 0.733. The Morgan fingerprint density at radius 1 is 1.26 bits per heavy atom. The minimum Gasteiger partial charge on any atom is -0.379 e. The normalized spacial score (nSPS) is 24.5. The van der Waals surface area contributed by atoms with Gasteiger partial charge >= 0.3 is 0 Å². The molecule has 0 aliphatic carbocycles. The van der Waals surface area contributed by atoms with Crippen molar-refractivity contribution in [2.75, 3.05) is 52.5 Å². The lowest BCUT2D eigenvalue weighted by molar-refractivity contribution is -0.128. The molecule has 1 atom stereocenters. The van der Waals surface area contributed by atoms with Crippen LogP contribution in [0.3, 0.4) is 0 Å². The molecular formula is C13H23N3O3. The van der Waals surface area contributed by atoms with Gasteiger partial charge in [-0.2, -0.15) is 0 Å². The van der Waals surface area contributed by atoms with Gasteiger partial charge in [0.2, 0.25) is 11.8 Å². The van der Waals surface area contributed by atoms with Gasteiger partial charge in [0.05, 0.1) is 19.1 Å². The smallest absolute Gasteiger partial charge is 0.225 e. The second kappa shape index (κ2) is 6.86. The molecule has 2 rings (SSSR count). The molecule has 19 heavy (non-hydrogen) atoms. The maximum Gasteiger partial charge on any atom is 0.225 e. The molecule has 0 aromatic heterocycles. The van der Waals surface area contributed by atoms with E-state index in [2.05, 4.69) is 10.2 Å². The van der Waals surface area contributed by atoms with E-state index in [1.165, 1.54) is 0 Å². The number of amides is 2. The molecule has 0 radical (unpaired) electrons. The fourth-order valence-corrected chi connectivity index (χ4v) is 2.57. The largest absolute Gasteiger partial charge is 0.379 e. The number of hydrogen-bond donors (Lipinski definition) is 1. The molecule has 0 spiro atoms. The van der Waals surface area contributed by atoms with Crippen molar-refractivity contribution < 1.29 is 14.3 Å². The zero-order valence-electron chi connectivity index (χ0n) is 11.6. The lowest BCUT2D eigenvalue weighted by Crippen LogP contribution is -2.42. The highest BCUT2D eigenvalue weighted by Crippen LogP contribution is 2.16. The number of rotatable bonds is 4. The topological polar surface area (TPSA) is 61.9 Å². The molecule has 6 heteroatoms. The molecule has 6 nitrogen and oxygen atoms in total. The number of likely N-dealkylation sites (tertiary alicyclic amines) is 1. The van der Waals surface area contributed by atoms with Crippen LogP contribution >= 0.6 is 0 Å². The minimum atomic E-state index is -0.0337. The van der Waals surface area contributed by atoms with Crippen LogP contribution in [-0.4, -0.2) is 74.1 Å². The van der Waals surface area contributed by atoms with E-state index in [4.69, 9.17) is 4.74 Å². The van der Waals surface area contributed by atoms with Crippen LogP contribution in [0.1, 0.15) is 13.3 Å². The predicted molar refractivity (Wildman–Crippen MR) is 70.6 cm³/mol. The molecule has 1 N–H and O–H groups in total. The van der Waals surface area contributed by atoms with Gasteiger partial charge in [0.15, 0.2) is 0 Å². The summed E-state index contributed by atoms with van der Waals surface area (Å²) >= 11 is 0. The Hall–Kier alpha value is -1.14. The molecule has 1 unspecified atom stereocenters. The standard InChI is InChI=1S/C13H23N3O3/c1-11(17)16-4-2-12(10-16)13(18)14-3-5-15-6-8-19-9-7-15/h12H,2-10H2,1H3,(H,14,18). The minimum absolute atomic E-state index is 0.0337. The summed E-state index contributed by atoms with van der Waals surface area (Å²) in [6.07, 6.45) is 0.781. The summed E-state index contributed by atoms with van der Waals surface area (Å²) in [4.78, 5) is 27.2. The van der Waals surface area contributed by atoms with Crippen molar-refractivity contribution >= 4 is 11.8 Å². The van der Waals surface area contributed by atoms with E-state index in [1.807, 2.05) is 0 Å². The molecule has 2 aliphatic heterocycles. The van der Waals surface area contributed by atoms with Gasteiger partial charge in [-0.3, -0.25) is 14.5 Å². The zero-order valence-corrected chi connectivity index (χ0v) is 11.6. The van der Waals surface area contributed by atoms with Crippen molar-refractivity contribution in [3.05, 3.63) is 0 Å². The van der Waals surface area contributed by atoms with Crippen LogP contribution < -0.4 is 5.32 Å². The zero-order chi connectivity index (χ0) is 13.7. The summed E-state index contributed by atoms with van der Waals surface area (Å²) in [6.45, 7) is 7.82. The van der Waals surface area contributed by atoms with Crippen LogP contribution in [0.5, 0.6) is 0 Å². The Bertz CT molecular complexity index is 329. The number of nitrogens with one attached hydrogen (secondary N) is 1. The van der Waals surface area contributed by atoms with Crippen LogP contribution in [-0.2, 0) is 14.3 Å². The fourth-order valence-electron chi connectivity index (χ4n) is 2.57. The highest BCUT2D eigenvalue weighted by Gasteiger charge is 2.29. The van der Waals surface area contributed by atoms with E-state index in [0.717, 1.165) is 39.3 Å². The highest BCUT2D eigenvalue weighted by molar-refractivity contribution is 5.81. The first-order valence-corrected chi connectivity index (χ1v) is 7.00. The van der Waals surface area contributed by atoms with Gasteiger partial charge < -0.3 is 15.0 Å². The highest BCUT2D eigenvalue weighted by atomic mass is 16.5. The number of nitrogens with zero attached hydrogens (tertiary/aromatic N) is 2. The van der Waals surface area contributed by atoms with E-state index in [0.29, 0.717) is 19.6 Å². The monoisotopic (exact) mass is 269 g/mol. The average molecular weight is 269 g/mol. The third-order valence-electron chi connectivity index (χ3n) is 3.84. The van der Waals surface area contributed by atoms with Crippen molar-refractivity contribution in [1.29, 1.82) is 0 Å². The van der Waals surface area contributed by atoms with Crippen LogP contribution in [0.15, 0.2) is 0 Å². The second-order valence-electron chi connectivity index (χ2n) is 5.20.